The van der Waals surface area contributed by atoms with Crippen LogP contribution >= 0.6 is 0 Å². The Morgan fingerprint density at radius 2 is 2.00 bits per heavy atom. The summed E-state index contributed by atoms with van der Waals surface area (Å²) in [5.41, 5.74) is 0.345. The molecule has 0 aliphatic rings. The normalized spacial score (nSPS) is 13.9. The van der Waals surface area contributed by atoms with E-state index < -0.39 is 12.6 Å². The summed E-state index contributed by atoms with van der Waals surface area (Å²) in [5.74, 6) is 0. The molecule has 0 aromatic carbocycles. The molecule has 0 heterocycles. The van der Waals surface area contributed by atoms with E-state index in [-0.39, 0.29) is 6.61 Å². The third kappa shape index (κ3) is 5.62. The number of aliphatic hydroxyl groups excluding tert-OH is 1. The Hall–Kier alpha value is -0.510. The second kappa shape index (κ2) is 3.61. The zero-order valence-corrected chi connectivity index (χ0v) is 5.57. The summed E-state index contributed by atoms with van der Waals surface area (Å²) in [6.45, 7) is 1.14. The summed E-state index contributed by atoms with van der Waals surface area (Å²) in [6.07, 6.45) is -4.14. The largest absolute Gasteiger partial charge is 0.392 e. The van der Waals surface area contributed by atoms with Crippen LogP contribution in [0.3, 0.4) is 0 Å². The molecule has 0 aliphatic carbocycles. The van der Waals surface area contributed by atoms with Crippen LogP contribution in [0.4, 0.5) is 13.2 Å². The number of hydrogen-bond acceptors (Lipinski definition) is 1. The molecule has 1 nitrogen and oxygen atoms in total. The van der Waals surface area contributed by atoms with Crippen molar-refractivity contribution >= 4 is 0 Å². The Balaban J connectivity index is 3.73. The summed E-state index contributed by atoms with van der Waals surface area (Å²) in [7, 11) is 0. The van der Waals surface area contributed by atoms with Crippen LogP contribution in [-0.2, 0) is 0 Å². The molecule has 0 bridgehead atoms. The fraction of sp³-hybridized carbons (Fsp3) is 0.667. The van der Waals surface area contributed by atoms with Crippen molar-refractivity contribution < 1.29 is 18.3 Å². The van der Waals surface area contributed by atoms with Gasteiger partial charge in [0.15, 0.2) is 0 Å². The Labute approximate surface area is 57.2 Å². The number of rotatable bonds is 2. The van der Waals surface area contributed by atoms with Crippen molar-refractivity contribution in [1.82, 2.24) is 0 Å². The third-order valence-electron chi connectivity index (χ3n) is 0.931. The van der Waals surface area contributed by atoms with Gasteiger partial charge in [-0.25, -0.2) is 0 Å². The molecule has 0 aliphatic heterocycles. The number of allylic oxidation sites excluding steroid dienone is 1. The van der Waals surface area contributed by atoms with E-state index in [4.69, 9.17) is 5.11 Å². The zero-order chi connectivity index (χ0) is 8.20. The van der Waals surface area contributed by atoms with Gasteiger partial charge < -0.3 is 5.11 Å². The van der Waals surface area contributed by atoms with Crippen LogP contribution in [-0.4, -0.2) is 17.9 Å². The molecular formula is C6H9F3O. The number of halogens is 3. The molecular weight excluding hydrogens is 145 g/mol. The Morgan fingerprint density at radius 3 is 2.30 bits per heavy atom. The minimum absolute atomic E-state index is 0.309. The zero-order valence-electron chi connectivity index (χ0n) is 5.57. The van der Waals surface area contributed by atoms with Gasteiger partial charge in [-0.05, 0) is 6.92 Å². The van der Waals surface area contributed by atoms with E-state index in [1.54, 1.807) is 0 Å². The van der Waals surface area contributed by atoms with Crippen LogP contribution in [0.15, 0.2) is 11.6 Å². The molecule has 0 spiro atoms. The van der Waals surface area contributed by atoms with E-state index in [0.29, 0.717) is 5.57 Å². The number of alkyl halides is 3. The fourth-order valence-electron chi connectivity index (χ4n) is 0.355. The van der Waals surface area contributed by atoms with E-state index in [9.17, 15) is 13.2 Å². The highest BCUT2D eigenvalue weighted by Gasteiger charge is 2.24. The predicted molar refractivity (Wildman–Crippen MR) is 31.5 cm³/mol. The van der Waals surface area contributed by atoms with Crippen LogP contribution in [0, 0.1) is 0 Å². The fourth-order valence-corrected chi connectivity index (χ4v) is 0.355. The molecule has 1 N–H and O–H groups in total. The van der Waals surface area contributed by atoms with Crippen molar-refractivity contribution in [3.05, 3.63) is 11.6 Å². The molecule has 0 amide bonds. The molecule has 0 fully saturated rings. The third-order valence-corrected chi connectivity index (χ3v) is 0.931. The van der Waals surface area contributed by atoms with Crippen LogP contribution in [0.2, 0.25) is 0 Å². The van der Waals surface area contributed by atoms with Gasteiger partial charge in [-0.1, -0.05) is 11.6 Å². The molecule has 0 atom stereocenters. The minimum Gasteiger partial charge on any atom is -0.392 e. The van der Waals surface area contributed by atoms with E-state index in [2.05, 4.69) is 0 Å². The first-order valence-electron chi connectivity index (χ1n) is 2.79. The van der Waals surface area contributed by atoms with Crippen LogP contribution < -0.4 is 0 Å². The summed E-state index contributed by atoms with van der Waals surface area (Å²) in [5, 5.41) is 8.30. The minimum atomic E-state index is -4.16. The molecule has 10 heavy (non-hydrogen) atoms. The first-order valence-corrected chi connectivity index (χ1v) is 2.79. The average Bonchev–Trinajstić information content (AvgIpc) is 1.81. The molecule has 0 saturated carbocycles. The number of hydrogen-bond donors (Lipinski definition) is 1. The summed E-state index contributed by atoms with van der Waals surface area (Å²) < 4.78 is 34.3. The van der Waals surface area contributed by atoms with Crippen LogP contribution in [0.1, 0.15) is 13.3 Å². The summed E-state index contributed by atoms with van der Waals surface area (Å²) in [4.78, 5) is 0. The van der Waals surface area contributed by atoms with E-state index >= 15 is 0 Å². The van der Waals surface area contributed by atoms with Gasteiger partial charge in [0.1, 0.15) is 0 Å². The Bertz CT molecular complexity index is 125. The van der Waals surface area contributed by atoms with Gasteiger partial charge in [0.05, 0.1) is 13.0 Å². The maximum atomic E-state index is 11.4. The van der Waals surface area contributed by atoms with E-state index in [0.717, 1.165) is 6.08 Å². The lowest BCUT2D eigenvalue weighted by Gasteiger charge is -2.01. The maximum Gasteiger partial charge on any atom is 0.392 e. The molecule has 0 unspecified atom stereocenters. The molecule has 4 heteroatoms. The summed E-state index contributed by atoms with van der Waals surface area (Å²) >= 11 is 0. The lowest BCUT2D eigenvalue weighted by molar-refractivity contribution is -0.125. The van der Waals surface area contributed by atoms with Crippen molar-refractivity contribution in [2.45, 2.75) is 19.5 Å². The van der Waals surface area contributed by atoms with Crippen molar-refractivity contribution in [3.63, 3.8) is 0 Å². The smallest absolute Gasteiger partial charge is 0.392 e. The molecule has 0 radical (unpaired) electrons. The van der Waals surface area contributed by atoms with Crippen molar-refractivity contribution in [2.75, 3.05) is 6.61 Å². The Morgan fingerprint density at radius 1 is 1.50 bits per heavy atom. The second-order valence-electron chi connectivity index (χ2n) is 2.03. The lowest BCUT2D eigenvalue weighted by Crippen LogP contribution is -2.05. The number of aliphatic hydroxyl groups is 1. The molecule has 0 aromatic heterocycles. The highest BCUT2D eigenvalue weighted by atomic mass is 19.4. The quantitative estimate of drug-likeness (QED) is 0.602. The van der Waals surface area contributed by atoms with Crippen molar-refractivity contribution in [1.29, 1.82) is 0 Å². The lowest BCUT2D eigenvalue weighted by atomic mass is 10.2. The first-order chi connectivity index (χ1) is 4.45. The molecule has 0 aromatic rings. The Kier molecular flexibility index (Phi) is 3.42. The van der Waals surface area contributed by atoms with Crippen molar-refractivity contribution in [2.24, 2.45) is 0 Å². The standard InChI is InChI=1S/C6H9F3O/c1-5(4-10)2-3-6(7,8)9/h2,10H,3-4H2,1H3/b5-2+. The van der Waals surface area contributed by atoms with Gasteiger partial charge in [0.25, 0.3) is 0 Å². The second-order valence-corrected chi connectivity index (χ2v) is 2.03. The van der Waals surface area contributed by atoms with Gasteiger partial charge in [-0.15, -0.1) is 0 Å². The molecule has 60 valence electrons. The van der Waals surface area contributed by atoms with Crippen molar-refractivity contribution in [3.8, 4) is 0 Å². The van der Waals surface area contributed by atoms with Gasteiger partial charge in [0, 0.05) is 0 Å². The van der Waals surface area contributed by atoms with Gasteiger partial charge in [-0.3, -0.25) is 0 Å². The predicted octanol–water partition coefficient (Wildman–Crippen LogP) is 1.88. The monoisotopic (exact) mass is 154 g/mol. The highest BCUT2D eigenvalue weighted by molar-refractivity contribution is 4.98. The van der Waals surface area contributed by atoms with E-state index in [1.807, 2.05) is 0 Å². The molecule has 0 saturated heterocycles. The maximum absolute atomic E-state index is 11.4. The average molecular weight is 154 g/mol. The highest BCUT2D eigenvalue weighted by Crippen LogP contribution is 2.20. The first kappa shape index (κ1) is 9.49. The topological polar surface area (TPSA) is 20.2 Å². The van der Waals surface area contributed by atoms with Crippen LogP contribution in [0.5, 0.6) is 0 Å². The SMILES string of the molecule is C/C(=C\CC(F)(F)F)CO. The van der Waals surface area contributed by atoms with Gasteiger partial charge in [-0.2, -0.15) is 13.2 Å². The van der Waals surface area contributed by atoms with Gasteiger partial charge >= 0.3 is 6.18 Å². The van der Waals surface area contributed by atoms with E-state index in [1.165, 1.54) is 6.92 Å². The summed E-state index contributed by atoms with van der Waals surface area (Å²) in [6, 6.07) is 0. The van der Waals surface area contributed by atoms with Crippen LogP contribution in [0.25, 0.3) is 0 Å². The molecule has 0 rings (SSSR count). The van der Waals surface area contributed by atoms with Gasteiger partial charge in [0.2, 0.25) is 0 Å².